The van der Waals surface area contributed by atoms with Crippen molar-refractivity contribution in [1.82, 2.24) is 5.27 Å². The maximum absolute atomic E-state index is 13.4. The lowest BCUT2D eigenvalue weighted by atomic mass is 10.2. The Morgan fingerprint density at radius 2 is 1.75 bits per heavy atom. The zero-order chi connectivity index (χ0) is 27.9. The van der Waals surface area contributed by atoms with Crippen molar-refractivity contribution in [3.05, 3.63) is 108 Å². The standard InChI is InChI=1S/C29H26N6O4S/c1-33(2)34-18-27(39-32-34)31-26(36)20-40-29-30-25(28(37)35(29)23-11-7-4-8-12-23)17-21-13-15-24(16-14-21)38-19-22-9-5-3-6-10-22/h3-18H,19-20H2,1-2H3/p+1/b25-17+. The predicted octanol–water partition coefficient (Wildman–Crippen LogP) is 3.85. The highest BCUT2D eigenvalue weighted by Crippen LogP contribution is 2.29. The molecule has 2 heterocycles. The zero-order valence-electron chi connectivity index (χ0n) is 21.9. The van der Waals surface area contributed by atoms with Gasteiger partial charge in [-0.05, 0) is 41.5 Å². The van der Waals surface area contributed by atoms with E-state index in [9.17, 15) is 9.59 Å². The summed E-state index contributed by atoms with van der Waals surface area (Å²) in [7, 11) is 3.58. The van der Waals surface area contributed by atoms with Crippen LogP contribution in [0.4, 0.5) is 11.6 Å². The Morgan fingerprint density at radius 3 is 2.42 bits per heavy atom. The number of thioether (sulfide) groups is 1. The number of benzene rings is 3. The van der Waals surface area contributed by atoms with Crippen molar-refractivity contribution in [1.29, 1.82) is 0 Å². The molecule has 0 aliphatic carbocycles. The Bertz CT molecular complexity index is 1540. The number of nitrogens with zero attached hydrogens (tertiary/aromatic N) is 5. The smallest absolute Gasteiger partial charge is 0.305 e. The Balaban J connectivity index is 1.29. The lowest BCUT2D eigenvalue weighted by Gasteiger charge is -2.17. The fourth-order valence-electron chi connectivity index (χ4n) is 3.74. The highest BCUT2D eigenvalue weighted by Gasteiger charge is 2.32. The first-order chi connectivity index (χ1) is 19.5. The molecule has 1 aliphatic rings. The molecule has 3 aromatic carbocycles. The number of para-hydroxylation sites is 1. The van der Waals surface area contributed by atoms with Crippen LogP contribution in [0.5, 0.6) is 5.75 Å². The first-order valence-corrected chi connectivity index (χ1v) is 13.4. The summed E-state index contributed by atoms with van der Waals surface area (Å²) in [5.74, 6) is 0.349. The van der Waals surface area contributed by atoms with Crippen molar-refractivity contribution in [3.8, 4) is 5.75 Å². The number of rotatable bonds is 9. The molecule has 1 N–H and O–H groups in total. The summed E-state index contributed by atoms with van der Waals surface area (Å²) in [5, 5.41) is 8.55. The van der Waals surface area contributed by atoms with Crippen LogP contribution in [-0.2, 0) is 16.2 Å². The fraction of sp³-hybridized carbons (Fsp3) is 0.138. The van der Waals surface area contributed by atoms with E-state index in [1.54, 1.807) is 31.4 Å². The minimum absolute atomic E-state index is 0.0127. The molecule has 0 fully saturated rings. The Kier molecular flexibility index (Phi) is 8.21. The second-order valence-electron chi connectivity index (χ2n) is 8.91. The summed E-state index contributed by atoms with van der Waals surface area (Å²) in [6.45, 7) is 0.469. The van der Waals surface area contributed by atoms with Crippen LogP contribution in [0.3, 0.4) is 0 Å². The molecule has 0 atom stereocenters. The molecule has 11 heteroatoms. The SMILES string of the molecule is CN(C)[n+]1cc(NC(=O)CSC2=N/C(=C/c3ccc(OCc4ccccc4)cc3)C(=O)N2c2ccccc2)on1. The number of hydrogen-bond donors (Lipinski definition) is 1. The number of amidine groups is 1. The molecule has 40 heavy (non-hydrogen) atoms. The van der Waals surface area contributed by atoms with E-state index in [0.717, 1.165) is 28.6 Å². The fourth-order valence-corrected chi connectivity index (χ4v) is 4.55. The van der Waals surface area contributed by atoms with Gasteiger partial charge in [0.2, 0.25) is 11.2 Å². The van der Waals surface area contributed by atoms with Gasteiger partial charge < -0.3 is 4.74 Å². The third-order valence-electron chi connectivity index (χ3n) is 5.74. The van der Waals surface area contributed by atoms with Crippen LogP contribution in [0, 0.1) is 0 Å². The molecule has 0 unspecified atom stereocenters. The number of anilines is 2. The molecule has 0 saturated heterocycles. The van der Waals surface area contributed by atoms with Crippen LogP contribution in [0.2, 0.25) is 0 Å². The molecule has 0 radical (unpaired) electrons. The van der Waals surface area contributed by atoms with Gasteiger partial charge in [0.15, 0.2) is 5.17 Å². The second kappa shape index (κ2) is 12.3. The van der Waals surface area contributed by atoms with Crippen LogP contribution in [0.15, 0.2) is 106 Å². The first-order valence-electron chi connectivity index (χ1n) is 12.4. The summed E-state index contributed by atoms with van der Waals surface area (Å²) in [5.41, 5.74) is 2.81. The number of hydrogen-bond acceptors (Lipinski definition) is 8. The quantitative estimate of drug-likeness (QED) is 0.247. The highest BCUT2D eigenvalue weighted by atomic mass is 32.2. The Morgan fingerprint density at radius 1 is 1.05 bits per heavy atom. The van der Waals surface area contributed by atoms with E-state index in [-0.39, 0.29) is 29.1 Å². The van der Waals surface area contributed by atoms with Crippen LogP contribution < -0.4 is 24.8 Å². The number of amides is 2. The van der Waals surface area contributed by atoms with Crippen molar-refractivity contribution in [2.45, 2.75) is 6.61 Å². The van der Waals surface area contributed by atoms with Gasteiger partial charge in [0.25, 0.3) is 12.1 Å². The van der Waals surface area contributed by atoms with Crippen molar-refractivity contribution in [3.63, 3.8) is 0 Å². The molecule has 2 amide bonds. The number of aromatic nitrogens is 2. The van der Waals surface area contributed by atoms with Gasteiger partial charge in [-0.25, -0.2) is 4.99 Å². The summed E-state index contributed by atoms with van der Waals surface area (Å²) >= 11 is 1.16. The van der Waals surface area contributed by atoms with Crippen LogP contribution in [-0.4, -0.2) is 42.1 Å². The van der Waals surface area contributed by atoms with E-state index in [1.165, 1.54) is 9.69 Å². The third kappa shape index (κ3) is 6.56. The summed E-state index contributed by atoms with van der Waals surface area (Å²) in [4.78, 5) is 33.6. The van der Waals surface area contributed by atoms with E-state index in [4.69, 9.17) is 9.26 Å². The van der Waals surface area contributed by atoms with E-state index in [2.05, 4.69) is 15.6 Å². The largest absolute Gasteiger partial charge is 0.489 e. The first kappa shape index (κ1) is 26.7. The monoisotopic (exact) mass is 555 g/mol. The molecule has 202 valence electrons. The van der Waals surface area contributed by atoms with Gasteiger partial charge in [-0.15, -0.1) is 0 Å². The molecule has 5 rings (SSSR count). The molecule has 0 bridgehead atoms. The van der Waals surface area contributed by atoms with Gasteiger partial charge in [0.05, 0.1) is 30.3 Å². The summed E-state index contributed by atoms with van der Waals surface area (Å²) in [6.07, 6.45) is 3.27. The molecule has 0 saturated carbocycles. The topological polar surface area (TPSA) is 104 Å². The molecular weight excluding hydrogens is 528 g/mol. The van der Waals surface area contributed by atoms with Gasteiger partial charge in [0.1, 0.15) is 18.1 Å². The number of carbonyl (C=O) groups excluding carboxylic acids is 2. The lowest BCUT2D eigenvalue weighted by molar-refractivity contribution is -0.753. The second-order valence-corrected chi connectivity index (χ2v) is 9.86. The number of nitrogens with one attached hydrogen (secondary N) is 1. The minimum atomic E-state index is -0.321. The summed E-state index contributed by atoms with van der Waals surface area (Å²) in [6, 6.07) is 26.6. The van der Waals surface area contributed by atoms with Crippen molar-refractivity contribution < 1.29 is 23.6 Å². The highest BCUT2D eigenvalue weighted by molar-refractivity contribution is 8.14. The van der Waals surface area contributed by atoms with Gasteiger partial charge in [0, 0.05) is 0 Å². The van der Waals surface area contributed by atoms with E-state index >= 15 is 0 Å². The van der Waals surface area contributed by atoms with Gasteiger partial charge in [-0.1, -0.05) is 72.4 Å². The minimum Gasteiger partial charge on any atom is -0.489 e. The zero-order valence-corrected chi connectivity index (χ0v) is 22.7. The van der Waals surface area contributed by atoms with Crippen molar-refractivity contribution >= 4 is 46.4 Å². The maximum Gasteiger partial charge on any atom is 0.305 e. The summed E-state index contributed by atoms with van der Waals surface area (Å²) < 4.78 is 11.0. The van der Waals surface area contributed by atoms with Crippen molar-refractivity contribution in [2.75, 3.05) is 35.1 Å². The third-order valence-corrected chi connectivity index (χ3v) is 6.67. The maximum atomic E-state index is 13.4. The Hall–Kier alpha value is -4.90. The number of aliphatic imine (C=N–C) groups is 1. The molecule has 10 nitrogen and oxygen atoms in total. The molecule has 1 aliphatic heterocycles. The lowest BCUT2D eigenvalue weighted by Crippen LogP contribution is -2.53. The average Bonchev–Trinajstić information content (AvgIpc) is 3.57. The molecular formula is C29H27N6O4S+. The average molecular weight is 556 g/mol. The van der Waals surface area contributed by atoms with Gasteiger partial charge in [-0.3, -0.25) is 24.3 Å². The van der Waals surface area contributed by atoms with Crippen LogP contribution in [0.25, 0.3) is 6.08 Å². The van der Waals surface area contributed by atoms with E-state index in [0.29, 0.717) is 17.5 Å². The van der Waals surface area contributed by atoms with Crippen molar-refractivity contribution in [2.24, 2.45) is 4.99 Å². The van der Waals surface area contributed by atoms with E-state index in [1.807, 2.05) is 84.9 Å². The number of carbonyl (C=O) groups is 2. The predicted molar refractivity (Wildman–Crippen MR) is 154 cm³/mol. The van der Waals surface area contributed by atoms with Gasteiger partial charge in [-0.2, -0.15) is 5.01 Å². The Labute approximate surface area is 235 Å². The number of ether oxygens (including phenoxy) is 1. The van der Waals surface area contributed by atoms with Crippen LogP contribution >= 0.6 is 11.8 Å². The van der Waals surface area contributed by atoms with Gasteiger partial charge >= 0.3 is 5.88 Å². The molecule has 0 spiro atoms. The van der Waals surface area contributed by atoms with Crippen LogP contribution in [0.1, 0.15) is 11.1 Å². The van der Waals surface area contributed by atoms with E-state index < -0.39 is 0 Å². The normalized spacial score (nSPS) is 13.8. The molecule has 1 aromatic heterocycles. The molecule has 4 aromatic rings.